The van der Waals surface area contributed by atoms with Crippen LogP contribution in [-0.2, 0) is 24.1 Å². The van der Waals surface area contributed by atoms with E-state index >= 15 is 0 Å². The molecule has 1 fully saturated rings. The number of aromatic nitrogens is 3. The zero-order valence-corrected chi connectivity index (χ0v) is 25.8. The number of ether oxygens (including phenoxy) is 3. The van der Waals surface area contributed by atoms with Crippen molar-refractivity contribution in [1.29, 1.82) is 0 Å². The summed E-state index contributed by atoms with van der Waals surface area (Å²) < 4.78 is 18.1. The van der Waals surface area contributed by atoms with Gasteiger partial charge in [0.15, 0.2) is 17.2 Å². The van der Waals surface area contributed by atoms with Crippen LogP contribution in [0.4, 0.5) is 5.69 Å². The lowest BCUT2D eigenvalue weighted by atomic mass is 9.88. The summed E-state index contributed by atoms with van der Waals surface area (Å²) >= 11 is 6.41. The first-order valence-electron chi connectivity index (χ1n) is 13.7. The van der Waals surface area contributed by atoms with Gasteiger partial charge < -0.3 is 25.3 Å². The van der Waals surface area contributed by atoms with E-state index in [1.807, 2.05) is 36.4 Å². The van der Waals surface area contributed by atoms with Gasteiger partial charge >= 0.3 is 0 Å². The minimum atomic E-state index is -0.601. The Hall–Kier alpha value is -3.87. The van der Waals surface area contributed by atoms with Gasteiger partial charge in [0.05, 0.1) is 35.3 Å². The summed E-state index contributed by atoms with van der Waals surface area (Å²) in [4.78, 5) is 32.6. The van der Waals surface area contributed by atoms with Crippen LogP contribution in [0.5, 0.6) is 11.5 Å². The molecule has 0 spiro atoms. The number of carbonyl (C=O) groups is 2. The van der Waals surface area contributed by atoms with Crippen LogP contribution >= 0.6 is 36.4 Å². The van der Waals surface area contributed by atoms with E-state index in [1.54, 1.807) is 16.8 Å². The van der Waals surface area contributed by atoms with Gasteiger partial charge in [-0.3, -0.25) is 14.5 Å². The van der Waals surface area contributed by atoms with Crippen molar-refractivity contribution in [3.05, 3.63) is 81.8 Å². The molecule has 230 valence electrons. The van der Waals surface area contributed by atoms with Gasteiger partial charge in [-0.05, 0) is 54.8 Å². The minimum absolute atomic E-state index is 0. The Kier molecular flexibility index (Phi) is 9.33. The second-order valence-corrected chi connectivity index (χ2v) is 10.7. The van der Waals surface area contributed by atoms with Crippen LogP contribution in [0.15, 0.2) is 48.5 Å². The van der Waals surface area contributed by atoms with Gasteiger partial charge in [0.25, 0.3) is 11.8 Å². The van der Waals surface area contributed by atoms with E-state index in [0.29, 0.717) is 55.5 Å². The number of nitrogens with zero attached hydrogens (tertiary/aromatic N) is 4. The molecule has 4 aromatic rings. The van der Waals surface area contributed by atoms with Gasteiger partial charge in [0.2, 0.25) is 6.79 Å². The highest BCUT2D eigenvalue weighted by molar-refractivity contribution is 6.34. The number of carbonyl (C=O) groups excluding carboxylic acids is 2. The van der Waals surface area contributed by atoms with E-state index in [9.17, 15) is 9.59 Å². The van der Waals surface area contributed by atoms with Crippen LogP contribution in [0.1, 0.15) is 37.8 Å². The first-order chi connectivity index (χ1) is 20.4. The third-order valence-electron chi connectivity index (χ3n) is 7.69. The highest BCUT2D eigenvalue weighted by Gasteiger charge is 2.29. The molecule has 4 heterocycles. The number of hydrogen-bond acceptors (Lipinski definition) is 8. The molecular weight excluding hydrogens is 631 g/mol. The number of hydrogen-bond donors (Lipinski definition) is 2. The van der Waals surface area contributed by atoms with Gasteiger partial charge in [-0.2, -0.15) is 5.10 Å². The molecule has 2 aromatic heterocycles. The second-order valence-electron chi connectivity index (χ2n) is 10.3. The van der Waals surface area contributed by atoms with Crippen molar-refractivity contribution < 1.29 is 23.8 Å². The number of nitrogens with one attached hydrogen (secondary N) is 1. The quantitative estimate of drug-likeness (QED) is 0.310. The van der Waals surface area contributed by atoms with Crippen molar-refractivity contribution in [1.82, 2.24) is 19.7 Å². The zero-order valence-electron chi connectivity index (χ0n) is 23.4. The molecule has 2 amide bonds. The molecule has 1 saturated heterocycles. The molecule has 0 unspecified atom stereocenters. The fraction of sp³-hybridized carbons (Fsp3) is 0.267. The van der Waals surface area contributed by atoms with Crippen LogP contribution in [-0.4, -0.2) is 64.6 Å². The molecule has 2 aromatic carbocycles. The lowest BCUT2D eigenvalue weighted by Gasteiger charge is -2.26. The Morgan fingerprint density at radius 3 is 2.55 bits per heavy atom. The lowest BCUT2D eigenvalue weighted by molar-refractivity contribution is 0.0336. The minimum Gasteiger partial charge on any atom is -0.454 e. The average Bonchev–Trinajstić information content (AvgIpc) is 3.63. The highest BCUT2D eigenvalue weighted by atomic mass is 35.5. The third-order valence-corrected chi connectivity index (χ3v) is 8.00. The predicted octanol–water partition coefficient (Wildman–Crippen LogP) is 4.44. The summed E-state index contributed by atoms with van der Waals surface area (Å²) in [6.07, 6.45) is 1.30. The van der Waals surface area contributed by atoms with Crippen LogP contribution < -0.4 is 20.5 Å². The molecule has 7 rings (SSSR count). The molecule has 0 radical (unpaired) electrons. The fourth-order valence-electron chi connectivity index (χ4n) is 5.63. The molecule has 14 heteroatoms. The van der Waals surface area contributed by atoms with Crippen molar-refractivity contribution in [2.24, 2.45) is 5.73 Å². The number of fused-ring (bicyclic) bond motifs is 4. The van der Waals surface area contributed by atoms with Crippen LogP contribution in [0, 0.1) is 0 Å². The molecule has 3 aliphatic rings. The van der Waals surface area contributed by atoms with Gasteiger partial charge in [0.1, 0.15) is 5.69 Å². The molecule has 11 nitrogen and oxygen atoms in total. The van der Waals surface area contributed by atoms with Crippen molar-refractivity contribution >= 4 is 53.9 Å². The fourth-order valence-corrected chi connectivity index (χ4v) is 5.82. The maximum Gasteiger partial charge on any atom is 0.275 e. The molecule has 1 aliphatic carbocycles. The summed E-state index contributed by atoms with van der Waals surface area (Å²) in [6.45, 7) is 3.72. The number of benzene rings is 2. The Balaban J connectivity index is 0.00000192. The number of nitrogens with two attached hydrogens (primary N) is 1. The smallest absolute Gasteiger partial charge is 0.275 e. The van der Waals surface area contributed by atoms with Gasteiger partial charge in [-0.15, -0.1) is 24.8 Å². The number of halogens is 3. The van der Waals surface area contributed by atoms with Crippen molar-refractivity contribution in [3.63, 3.8) is 0 Å². The molecule has 44 heavy (non-hydrogen) atoms. The summed E-state index contributed by atoms with van der Waals surface area (Å²) in [7, 11) is 0. The van der Waals surface area contributed by atoms with E-state index in [-0.39, 0.29) is 48.0 Å². The molecule has 3 N–H and O–H groups in total. The standard InChI is InChI=1S/C30H27ClN6O5.2ClH/c31-23-7-4-19(15-36-9-11-40-12-10-36)33-27(23)30(39)34-18-3-1-17-2-6-21-26(29(32)38)35-37(28(21)22(17)13-18)20-5-8-24-25(14-20)42-16-41-24;;/h1,3-5,7-8,13-14H,2,6,9-12,15-16H2,(H2,32,38)(H,34,39);2*1H. The lowest BCUT2D eigenvalue weighted by Crippen LogP contribution is -2.36. The number of anilines is 1. The number of amides is 2. The number of aryl methyl sites for hydroxylation is 1. The van der Waals surface area contributed by atoms with Crippen molar-refractivity contribution in [2.45, 2.75) is 19.4 Å². The van der Waals surface area contributed by atoms with Crippen LogP contribution in [0.25, 0.3) is 16.9 Å². The number of rotatable bonds is 6. The summed E-state index contributed by atoms with van der Waals surface area (Å²) in [5.41, 5.74) is 11.5. The van der Waals surface area contributed by atoms with E-state index in [2.05, 4.69) is 20.3 Å². The third kappa shape index (κ3) is 5.93. The van der Waals surface area contributed by atoms with E-state index < -0.39 is 11.8 Å². The molecule has 2 aliphatic heterocycles. The van der Waals surface area contributed by atoms with E-state index in [4.69, 9.17) is 31.5 Å². The van der Waals surface area contributed by atoms with Crippen molar-refractivity contribution in [3.8, 4) is 28.4 Å². The number of primary amides is 1. The Morgan fingerprint density at radius 1 is 0.955 bits per heavy atom. The number of pyridine rings is 1. The van der Waals surface area contributed by atoms with Gasteiger partial charge in [-0.25, -0.2) is 9.67 Å². The largest absolute Gasteiger partial charge is 0.454 e. The molecular formula is C30H29Cl3N6O5. The predicted molar refractivity (Wildman–Crippen MR) is 169 cm³/mol. The first kappa shape index (κ1) is 31.6. The van der Waals surface area contributed by atoms with E-state index in [0.717, 1.165) is 41.2 Å². The second kappa shape index (κ2) is 13.0. The molecule has 0 bridgehead atoms. The monoisotopic (exact) mass is 658 g/mol. The maximum atomic E-state index is 13.4. The summed E-state index contributed by atoms with van der Waals surface area (Å²) in [6, 6.07) is 14.7. The summed E-state index contributed by atoms with van der Waals surface area (Å²) in [5.74, 6) is 0.217. The topological polar surface area (TPSA) is 134 Å². The molecule has 0 atom stereocenters. The van der Waals surface area contributed by atoms with Gasteiger partial charge in [0, 0.05) is 42.5 Å². The van der Waals surface area contributed by atoms with E-state index in [1.165, 1.54) is 0 Å². The highest BCUT2D eigenvalue weighted by Crippen LogP contribution is 2.40. The first-order valence-corrected chi connectivity index (χ1v) is 14.0. The average molecular weight is 660 g/mol. The normalized spacial score (nSPS) is 14.9. The number of morpholine rings is 1. The Morgan fingerprint density at radius 2 is 1.75 bits per heavy atom. The van der Waals surface area contributed by atoms with Gasteiger partial charge in [-0.1, -0.05) is 17.7 Å². The van der Waals surface area contributed by atoms with Crippen molar-refractivity contribution in [2.75, 3.05) is 38.4 Å². The maximum absolute atomic E-state index is 13.4. The van der Waals surface area contributed by atoms with Crippen LogP contribution in [0.3, 0.4) is 0 Å². The SMILES string of the molecule is Cl.Cl.NC(=O)c1nn(-c2ccc3c(c2)OCO3)c2c1CCc1ccc(NC(=O)c3nc(CN4CCOCC4)ccc3Cl)cc1-2. The zero-order chi connectivity index (χ0) is 28.8. The van der Waals surface area contributed by atoms with Crippen LogP contribution in [0.2, 0.25) is 5.02 Å². The summed E-state index contributed by atoms with van der Waals surface area (Å²) in [5, 5.41) is 7.84. The Labute approximate surface area is 270 Å². The molecule has 0 saturated carbocycles. The Bertz CT molecular complexity index is 1740.